The largest absolute Gasteiger partial charge is 0.488 e. The number of nitrogens with two attached hydrogens (primary N) is 1. The first-order chi connectivity index (χ1) is 10.9. The summed E-state index contributed by atoms with van der Waals surface area (Å²) in [7, 11) is -3.65. The van der Waals surface area contributed by atoms with Gasteiger partial charge in [0.2, 0.25) is 10.0 Å². The third-order valence-corrected chi connectivity index (χ3v) is 6.16. The minimum atomic E-state index is -3.65. The number of amides is 1. The molecule has 0 saturated heterocycles. The molecule has 8 heteroatoms. The molecule has 2 aromatic rings. The Morgan fingerprint density at radius 2 is 2.17 bits per heavy atom. The van der Waals surface area contributed by atoms with Crippen LogP contribution in [0.4, 0.5) is 0 Å². The quantitative estimate of drug-likeness (QED) is 0.875. The molecule has 1 unspecified atom stereocenters. The Bertz CT molecular complexity index is 858. The number of hydrogen-bond donors (Lipinski definition) is 2. The van der Waals surface area contributed by atoms with Crippen molar-refractivity contribution in [3.63, 3.8) is 0 Å². The maximum atomic E-state index is 12.2. The summed E-state index contributed by atoms with van der Waals surface area (Å²) < 4.78 is 28.0. The van der Waals surface area contributed by atoms with Crippen LogP contribution in [0.15, 0.2) is 30.3 Å². The van der Waals surface area contributed by atoms with E-state index in [0.717, 1.165) is 21.8 Å². The predicted octanol–water partition coefficient (Wildman–Crippen LogP) is 1.71. The fraction of sp³-hybridized carbons (Fsp3) is 0.267. The van der Waals surface area contributed by atoms with Crippen LogP contribution in [0.5, 0.6) is 5.75 Å². The van der Waals surface area contributed by atoms with Crippen LogP contribution in [0.25, 0.3) is 10.4 Å². The molecule has 1 aromatic heterocycles. The topological polar surface area (TPSA) is 98.5 Å². The van der Waals surface area contributed by atoms with Gasteiger partial charge in [-0.05, 0) is 25.1 Å². The molecule has 6 nitrogen and oxygen atoms in total. The summed E-state index contributed by atoms with van der Waals surface area (Å²) in [6.07, 6.45) is 0. The highest BCUT2D eigenvalue weighted by Gasteiger charge is 2.23. The second-order valence-electron chi connectivity index (χ2n) is 5.36. The number of benzene rings is 1. The number of sulfonamides is 1. The maximum absolute atomic E-state index is 12.2. The van der Waals surface area contributed by atoms with E-state index in [0.29, 0.717) is 11.5 Å². The Morgan fingerprint density at radius 3 is 2.91 bits per heavy atom. The number of fused-ring (bicyclic) bond motifs is 3. The van der Waals surface area contributed by atoms with Crippen molar-refractivity contribution in [2.45, 2.75) is 18.8 Å². The van der Waals surface area contributed by atoms with Gasteiger partial charge in [0, 0.05) is 22.5 Å². The Balaban J connectivity index is 1.79. The summed E-state index contributed by atoms with van der Waals surface area (Å²) in [4.78, 5) is 13.8. The molecule has 122 valence electrons. The molecule has 2 heterocycles. The number of primary sulfonamides is 1. The summed E-state index contributed by atoms with van der Waals surface area (Å²) in [5.74, 6) is 0.494. The number of thiophene rings is 1. The molecule has 1 atom stereocenters. The second-order valence-corrected chi connectivity index (χ2v) is 8.39. The molecule has 0 spiro atoms. The van der Waals surface area contributed by atoms with Crippen molar-refractivity contribution in [2.24, 2.45) is 5.14 Å². The van der Waals surface area contributed by atoms with Gasteiger partial charge in [0.25, 0.3) is 5.91 Å². The standard InChI is InChI=1S/C15H16N2O4S2/c1-9(23(16,19)20)7-17-15(18)13-6-10-8-21-12-5-3-2-4-11(12)14(10)22-13/h2-6,9H,7-8H2,1H3,(H,17,18)(H2,16,19,20). The van der Waals surface area contributed by atoms with Crippen molar-refractivity contribution in [3.05, 3.63) is 40.8 Å². The molecule has 1 aliphatic heterocycles. The van der Waals surface area contributed by atoms with E-state index in [4.69, 9.17) is 9.88 Å². The van der Waals surface area contributed by atoms with Gasteiger partial charge in [-0.15, -0.1) is 11.3 Å². The zero-order chi connectivity index (χ0) is 16.6. The van der Waals surface area contributed by atoms with E-state index in [1.54, 1.807) is 6.07 Å². The van der Waals surface area contributed by atoms with Crippen LogP contribution < -0.4 is 15.2 Å². The molecule has 3 rings (SSSR count). The first-order valence-corrected chi connectivity index (χ1v) is 9.43. The molecule has 3 N–H and O–H groups in total. The lowest BCUT2D eigenvalue weighted by molar-refractivity contribution is 0.0958. The van der Waals surface area contributed by atoms with E-state index < -0.39 is 15.3 Å². The van der Waals surface area contributed by atoms with Gasteiger partial charge in [0.15, 0.2) is 0 Å². The van der Waals surface area contributed by atoms with E-state index in [2.05, 4.69) is 5.32 Å². The van der Waals surface area contributed by atoms with E-state index >= 15 is 0 Å². The molecule has 1 aliphatic rings. The van der Waals surface area contributed by atoms with Gasteiger partial charge in [0.05, 0.1) is 10.1 Å². The van der Waals surface area contributed by atoms with Crippen molar-refractivity contribution < 1.29 is 17.9 Å². The molecule has 0 saturated carbocycles. The van der Waals surface area contributed by atoms with Crippen molar-refractivity contribution >= 4 is 27.3 Å². The molecule has 1 aromatic carbocycles. The van der Waals surface area contributed by atoms with Gasteiger partial charge < -0.3 is 10.1 Å². The highest BCUT2D eigenvalue weighted by atomic mass is 32.2. The van der Waals surface area contributed by atoms with Crippen LogP contribution in [-0.2, 0) is 16.6 Å². The van der Waals surface area contributed by atoms with Gasteiger partial charge in [-0.25, -0.2) is 13.6 Å². The molecule has 0 radical (unpaired) electrons. The first kappa shape index (κ1) is 16.0. The molecule has 0 aliphatic carbocycles. The van der Waals surface area contributed by atoms with Gasteiger partial charge in [-0.2, -0.15) is 0 Å². The summed E-state index contributed by atoms with van der Waals surface area (Å²) in [6, 6.07) is 9.46. The van der Waals surface area contributed by atoms with Crippen molar-refractivity contribution in [2.75, 3.05) is 6.54 Å². The molecule has 23 heavy (non-hydrogen) atoms. The molecular weight excluding hydrogens is 336 g/mol. The third-order valence-electron chi connectivity index (χ3n) is 3.66. The Labute approximate surface area is 138 Å². The Morgan fingerprint density at radius 1 is 1.43 bits per heavy atom. The summed E-state index contributed by atoms with van der Waals surface area (Å²) >= 11 is 1.37. The first-order valence-electron chi connectivity index (χ1n) is 7.01. The van der Waals surface area contributed by atoms with Gasteiger partial charge in [-0.1, -0.05) is 12.1 Å². The smallest absolute Gasteiger partial charge is 0.261 e. The predicted molar refractivity (Wildman–Crippen MR) is 89.0 cm³/mol. The van der Waals surface area contributed by atoms with Crippen LogP contribution in [0.1, 0.15) is 22.2 Å². The zero-order valence-electron chi connectivity index (χ0n) is 12.4. The number of hydrogen-bond acceptors (Lipinski definition) is 5. The number of carbonyl (C=O) groups is 1. The Hall–Kier alpha value is -1.90. The number of carbonyl (C=O) groups excluding carboxylic acids is 1. The van der Waals surface area contributed by atoms with E-state index in [-0.39, 0.29) is 12.5 Å². The minimum Gasteiger partial charge on any atom is -0.488 e. The van der Waals surface area contributed by atoms with E-state index in [9.17, 15) is 13.2 Å². The normalized spacial score (nSPS) is 14.3. The monoisotopic (exact) mass is 352 g/mol. The highest BCUT2D eigenvalue weighted by Crippen LogP contribution is 2.42. The maximum Gasteiger partial charge on any atom is 0.261 e. The van der Waals surface area contributed by atoms with Crippen LogP contribution in [-0.4, -0.2) is 26.1 Å². The molecule has 0 fully saturated rings. The van der Waals surface area contributed by atoms with E-state index in [1.807, 2.05) is 24.3 Å². The van der Waals surface area contributed by atoms with Gasteiger partial charge in [-0.3, -0.25) is 4.79 Å². The average Bonchev–Trinajstić information content (AvgIpc) is 2.96. The third kappa shape index (κ3) is 3.24. The molecule has 1 amide bonds. The van der Waals surface area contributed by atoms with Gasteiger partial charge >= 0.3 is 0 Å². The number of rotatable bonds is 4. The van der Waals surface area contributed by atoms with E-state index in [1.165, 1.54) is 18.3 Å². The van der Waals surface area contributed by atoms with Crippen molar-refractivity contribution in [1.82, 2.24) is 5.32 Å². The number of ether oxygens (including phenoxy) is 1. The lowest BCUT2D eigenvalue weighted by Crippen LogP contribution is -2.37. The molecular formula is C15H16N2O4S2. The molecule has 0 bridgehead atoms. The van der Waals surface area contributed by atoms with Crippen LogP contribution in [0, 0.1) is 0 Å². The average molecular weight is 352 g/mol. The lowest BCUT2D eigenvalue weighted by atomic mass is 10.1. The summed E-state index contributed by atoms with van der Waals surface area (Å²) in [5, 5.41) is 6.82. The van der Waals surface area contributed by atoms with Crippen LogP contribution in [0.2, 0.25) is 0 Å². The van der Waals surface area contributed by atoms with Crippen LogP contribution >= 0.6 is 11.3 Å². The lowest BCUT2D eigenvalue weighted by Gasteiger charge is -2.16. The van der Waals surface area contributed by atoms with Crippen molar-refractivity contribution in [1.29, 1.82) is 0 Å². The fourth-order valence-corrected chi connectivity index (χ4v) is 3.68. The summed E-state index contributed by atoms with van der Waals surface area (Å²) in [5.41, 5.74) is 1.93. The SMILES string of the molecule is CC(CNC(=O)c1cc2c(s1)-c1ccccc1OC2)S(N)(=O)=O. The number of para-hydroxylation sites is 1. The van der Waals surface area contributed by atoms with Crippen LogP contribution in [0.3, 0.4) is 0 Å². The zero-order valence-corrected chi connectivity index (χ0v) is 14.0. The fourth-order valence-electron chi connectivity index (χ4n) is 2.25. The number of nitrogens with one attached hydrogen (secondary N) is 1. The van der Waals surface area contributed by atoms with Crippen molar-refractivity contribution in [3.8, 4) is 16.2 Å². The Kier molecular flexibility index (Phi) is 4.13. The highest BCUT2D eigenvalue weighted by molar-refractivity contribution is 7.89. The minimum absolute atomic E-state index is 0.0205. The second kappa shape index (κ2) is 5.95. The van der Waals surface area contributed by atoms with Gasteiger partial charge in [0.1, 0.15) is 12.4 Å². The summed E-state index contributed by atoms with van der Waals surface area (Å²) in [6.45, 7) is 1.86.